The lowest BCUT2D eigenvalue weighted by Crippen LogP contribution is -2.22. The molecule has 0 saturated heterocycles. The molecule has 0 amide bonds. The van der Waals surface area contributed by atoms with Crippen LogP contribution in [-0.2, 0) is 0 Å². The van der Waals surface area contributed by atoms with Crippen molar-refractivity contribution in [3.63, 3.8) is 0 Å². The zero-order valence-corrected chi connectivity index (χ0v) is 10.5. The molecule has 0 saturated carbocycles. The Morgan fingerprint density at radius 3 is 2.46 bits per heavy atom. The van der Waals surface area contributed by atoms with Crippen molar-refractivity contribution in [3.8, 4) is 0 Å². The molecule has 1 rings (SSSR count). The molecule has 1 heteroatoms. The van der Waals surface area contributed by atoms with Gasteiger partial charge >= 0.3 is 0 Å². The van der Waals surface area contributed by atoms with E-state index in [0.717, 1.165) is 0 Å². The number of hydrogen-bond donors (Lipinski definition) is 0. The molecule has 0 heterocycles. The average Bonchev–Trinajstić information content (AvgIpc) is 2.47. The van der Waals surface area contributed by atoms with Crippen molar-refractivity contribution >= 4 is 8.07 Å². The van der Waals surface area contributed by atoms with E-state index in [1.54, 1.807) is 10.8 Å². The third-order valence-electron chi connectivity index (χ3n) is 2.73. The molecular formula is C12H22Si. The van der Waals surface area contributed by atoms with E-state index in [4.69, 9.17) is 0 Å². The van der Waals surface area contributed by atoms with E-state index in [2.05, 4.69) is 38.7 Å². The summed E-state index contributed by atoms with van der Waals surface area (Å²) in [6, 6.07) is 0. The van der Waals surface area contributed by atoms with Crippen molar-refractivity contribution in [2.75, 3.05) is 0 Å². The van der Waals surface area contributed by atoms with Crippen LogP contribution in [0.3, 0.4) is 0 Å². The number of unbranched alkanes of at least 4 members (excludes halogenated alkanes) is 1. The molecule has 0 atom stereocenters. The molecule has 0 bridgehead atoms. The van der Waals surface area contributed by atoms with Gasteiger partial charge in [-0.15, -0.1) is 0 Å². The Bertz CT molecular complexity index is 228. The van der Waals surface area contributed by atoms with Crippen molar-refractivity contribution in [2.45, 2.75) is 52.2 Å². The van der Waals surface area contributed by atoms with E-state index in [1.807, 2.05) is 0 Å². The number of hydrogen-bond acceptors (Lipinski definition) is 0. The van der Waals surface area contributed by atoms with Gasteiger partial charge in [0.05, 0.1) is 8.07 Å². The van der Waals surface area contributed by atoms with Crippen LogP contribution in [0.1, 0.15) is 32.6 Å². The Morgan fingerprint density at radius 2 is 2.00 bits per heavy atom. The monoisotopic (exact) mass is 194 g/mol. The molecule has 0 N–H and O–H groups in total. The third kappa shape index (κ3) is 3.15. The largest absolute Gasteiger partial charge is 0.0776 e. The summed E-state index contributed by atoms with van der Waals surface area (Å²) in [5, 5.41) is 1.73. The maximum atomic E-state index is 2.47. The first-order chi connectivity index (χ1) is 6.04. The van der Waals surface area contributed by atoms with Crippen molar-refractivity contribution < 1.29 is 0 Å². The molecule has 0 fully saturated rings. The quantitative estimate of drug-likeness (QED) is 0.585. The molecule has 0 nitrogen and oxygen atoms in total. The lowest BCUT2D eigenvalue weighted by atomic mass is 10.1. The summed E-state index contributed by atoms with van der Waals surface area (Å²) in [5.41, 5.74) is 1.60. The highest BCUT2D eigenvalue weighted by Crippen LogP contribution is 2.28. The summed E-state index contributed by atoms with van der Waals surface area (Å²) in [5.74, 6) is 0. The first kappa shape index (κ1) is 10.8. The minimum atomic E-state index is -0.996. The molecule has 0 aromatic heterocycles. The van der Waals surface area contributed by atoms with Crippen LogP contribution in [0.5, 0.6) is 0 Å². The number of allylic oxidation sites excluding steroid dienone is 4. The molecule has 0 spiro atoms. The van der Waals surface area contributed by atoms with Crippen LogP contribution in [0.2, 0.25) is 19.6 Å². The Kier molecular flexibility index (Phi) is 3.54. The normalized spacial score (nSPS) is 17.2. The zero-order valence-electron chi connectivity index (χ0n) is 9.48. The summed E-state index contributed by atoms with van der Waals surface area (Å²) in [7, 11) is -0.996. The standard InChI is InChI=1S/C12H22Si/c1-5-6-7-11-8-9-12(10-11)13(2,3)4/h8,10H,5-7,9H2,1-4H3. The molecular weight excluding hydrogens is 172 g/mol. The van der Waals surface area contributed by atoms with Crippen molar-refractivity contribution in [3.05, 3.63) is 22.9 Å². The fraction of sp³-hybridized carbons (Fsp3) is 0.667. The lowest BCUT2D eigenvalue weighted by molar-refractivity contribution is 0.798. The predicted molar refractivity (Wildman–Crippen MR) is 63.7 cm³/mol. The first-order valence-electron chi connectivity index (χ1n) is 5.44. The fourth-order valence-electron chi connectivity index (χ4n) is 1.66. The van der Waals surface area contributed by atoms with Gasteiger partial charge in [0.25, 0.3) is 0 Å². The van der Waals surface area contributed by atoms with Gasteiger partial charge < -0.3 is 0 Å². The van der Waals surface area contributed by atoms with Crippen LogP contribution in [0.15, 0.2) is 22.9 Å². The highest BCUT2D eigenvalue weighted by molar-refractivity contribution is 6.83. The minimum absolute atomic E-state index is 0.996. The van der Waals surface area contributed by atoms with E-state index >= 15 is 0 Å². The lowest BCUT2D eigenvalue weighted by Gasteiger charge is -2.17. The maximum Gasteiger partial charge on any atom is 0.0728 e. The van der Waals surface area contributed by atoms with Gasteiger partial charge in [0.2, 0.25) is 0 Å². The van der Waals surface area contributed by atoms with Gasteiger partial charge in [-0.05, 0) is 19.3 Å². The second-order valence-corrected chi connectivity index (χ2v) is 10.1. The zero-order chi connectivity index (χ0) is 9.90. The first-order valence-corrected chi connectivity index (χ1v) is 8.94. The molecule has 1 aliphatic carbocycles. The minimum Gasteiger partial charge on any atom is -0.0776 e. The van der Waals surface area contributed by atoms with Crippen LogP contribution in [0, 0.1) is 0 Å². The van der Waals surface area contributed by atoms with Gasteiger partial charge in [0.1, 0.15) is 0 Å². The Balaban J connectivity index is 2.50. The average molecular weight is 194 g/mol. The fourth-order valence-corrected chi connectivity index (χ4v) is 2.99. The second kappa shape index (κ2) is 4.27. The third-order valence-corrected chi connectivity index (χ3v) is 5.00. The van der Waals surface area contributed by atoms with Crippen molar-refractivity contribution in [1.29, 1.82) is 0 Å². The van der Waals surface area contributed by atoms with Crippen LogP contribution in [0.25, 0.3) is 0 Å². The summed E-state index contributed by atoms with van der Waals surface area (Å²) >= 11 is 0. The summed E-state index contributed by atoms with van der Waals surface area (Å²) < 4.78 is 0. The van der Waals surface area contributed by atoms with Gasteiger partial charge in [-0.2, -0.15) is 0 Å². The Hall–Kier alpha value is -0.303. The van der Waals surface area contributed by atoms with E-state index in [-0.39, 0.29) is 0 Å². The second-order valence-electron chi connectivity index (χ2n) is 5.01. The van der Waals surface area contributed by atoms with E-state index in [1.165, 1.54) is 25.7 Å². The SMILES string of the molecule is CCCCC1=CCC([Si](C)(C)C)=C1. The van der Waals surface area contributed by atoms with Gasteiger partial charge in [-0.25, -0.2) is 0 Å². The summed E-state index contributed by atoms with van der Waals surface area (Å²) in [4.78, 5) is 0. The highest BCUT2D eigenvalue weighted by atomic mass is 28.3. The van der Waals surface area contributed by atoms with Crippen LogP contribution in [0.4, 0.5) is 0 Å². The molecule has 74 valence electrons. The number of rotatable bonds is 4. The molecule has 0 aromatic carbocycles. The predicted octanol–water partition coefficient (Wildman–Crippen LogP) is 4.31. The topological polar surface area (TPSA) is 0 Å². The Labute approximate surface area is 83.7 Å². The van der Waals surface area contributed by atoms with Gasteiger partial charge in [-0.1, -0.05) is 55.9 Å². The molecule has 0 radical (unpaired) electrons. The summed E-state index contributed by atoms with van der Waals surface area (Å²) in [6.07, 6.45) is 10.1. The van der Waals surface area contributed by atoms with Crippen molar-refractivity contribution in [1.82, 2.24) is 0 Å². The van der Waals surface area contributed by atoms with Crippen molar-refractivity contribution in [2.24, 2.45) is 0 Å². The van der Waals surface area contributed by atoms with Crippen LogP contribution < -0.4 is 0 Å². The van der Waals surface area contributed by atoms with Crippen LogP contribution in [-0.4, -0.2) is 8.07 Å². The molecule has 0 aromatic rings. The maximum absolute atomic E-state index is 2.47. The van der Waals surface area contributed by atoms with Gasteiger partial charge in [0.15, 0.2) is 0 Å². The van der Waals surface area contributed by atoms with E-state index < -0.39 is 8.07 Å². The van der Waals surface area contributed by atoms with E-state index in [9.17, 15) is 0 Å². The van der Waals surface area contributed by atoms with Gasteiger partial charge in [0, 0.05) is 0 Å². The van der Waals surface area contributed by atoms with Crippen LogP contribution >= 0.6 is 0 Å². The summed E-state index contributed by atoms with van der Waals surface area (Å²) in [6.45, 7) is 9.58. The smallest absolute Gasteiger partial charge is 0.0728 e. The Morgan fingerprint density at radius 1 is 1.31 bits per heavy atom. The molecule has 1 aliphatic rings. The van der Waals surface area contributed by atoms with E-state index in [0.29, 0.717) is 0 Å². The van der Waals surface area contributed by atoms with Gasteiger partial charge in [-0.3, -0.25) is 0 Å². The molecule has 0 aliphatic heterocycles. The molecule has 13 heavy (non-hydrogen) atoms. The highest BCUT2D eigenvalue weighted by Gasteiger charge is 2.21. The molecule has 0 unspecified atom stereocenters.